The maximum atomic E-state index is 10.8. The molecule has 0 atom stereocenters. The van der Waals surface area contributed by atoms with Gasteiger partial charge < -0.3 is 14.7 Å². The minimum atomic E-state index is -1.09. The van der Waals surface area contributed by atoms with Crippen LogP contribution < -0.4 is 4.74 Å². The zero-order valence-corrected chi connectivity index (χ0v) is 9.86. The van der Waals surface area contributed by atoms with E-state index in [1.54, 1.807) is 0 Å². The van der Waals surface area contributed by atoms with Crippen molar-refractivity contribution in [3.63, 3.8) is 0 Å². The lowest BCUT2D eigenvalue weighted by atomic mass is 10.3. The Bertz CT molecular complexity index is 382. The van der Waals surface area contributed by atoms with E-state index in [0.29, 0.717) is 6.61 Å². The van der Waals surface area contributed by atoms with E-state index in [1.807, 2.05) is 19.0 Å². The highest BCUT2D eigenvalue weighted by Crippen LogP contribution is 2.19. The molecule has 1 heterocycles. The first kappa shape index (κ1) is 12.7. The number of hydrogen-bond donors (Lipinski definition) is 1. The topological polar surface area (TPSA) is 62.7 Å². The molecular formula is C10H13ClN2O3. The lowest BCUT2D eigenvalue weighted by molar-refractivity contribution is 0.0696. The summed E-state index contributed by atoms with van der Waals surface area (Å²) in [4.78, 5) is 16.6. The molecule has 0 radical (unpaired) electrons. The molecule has 1 aromatic heterocycles. The maximum Gasteiger partial charge on any atom is 0.337 e. The molecule has 0 aliphatic rings. The van der Waals surface area contributed by atoms with E-state index in [4.69, 9.17) is 21.4 Å². The Morgan fingerprint density at radius 1 is 1.62 bits per heavy atom. The first-order chi connectivity index (χ1) is 7.50. The summed E-state index contributed by atoms with van der Waals surface area (Å²) in [6.07, 6.45) is 1.27. The van der Waals surface area contributed by atoms with Crippen molar-refractivity contribution in [2.45, 2.75) is 0 Å². The predicted octanol–water partition coefficient (Wildman–Crippen LogP) is 1.37. The molecule has 88 valence electrons. The van der Waals surface area contributed by atoms with Crippen molar-refractivity contribution in [2.24, 2.45) is 0 Å². The van der Waals surface area contributed by atoms with Gasteiger partial charge in [0.05, 0.1) is 16.8 Å². The van der Waals surface area contributed by atoms with Crippen LogP contribution in [-0.2, 0) is 0 Å². The van der Waals surface area contributed by atoms with Crippen LogP contribution in [0.5, 0.6) is 5.88 Å². The summed E-state index contributed by atoms with van der Waals surface area (Å²) >= 11 is 5.67. The monoisotopic (exact) mass is 244 g/mol. The van der Waals surface area contributed by atoms with E-state index in [2.05, 4.69) is 4.98 Å². The maximum absolute atomic E-state index is 10.8. The van der Waals surface area contributed by atoms with Gasteiger partial charge in [-0.25, -0.2) is 9.78 Å². The van der Waals surface area contributed by atoms with Gasteiger partial charge in [0.15, 0.2) is 0 Å². The lowest BCUT2D eigenvalue weighted by Crippen LogP contribution is -2.19. The third kappa shape index (κ3) is 3.67. The number of halogens is 1. The Hall–Kier alpha value is -1.33. The second-order valence-electron chi connectivity index (χ2n) is 3.46. The van der Waals surface area contributed by atoms with Gasteiger partial charge in [-0.2, -0.15) is 0 Å². The number of ether oxygens (including phenoxy) is 1. The average Bonchev–Trinajstić information content (AvgIpc) is 2.19. The smallest absolute Gasteiger partial charge is 0.337 e. The number of aromatic nitrogens is 1. The van der Waals surface area contributed by atoms with Crippen LogP contribution in [0.3, 0.4) is 0 Å². The number of pyridine rings is 1. The molecule has 6 heteroatoms. The fourth-order valence-electron chi connectivity index (χ4n) is 0.995. The van der Waals surface area contributed by atoms with Crippen LogP contribution in [0.4, 0.5) is 0 Å². The second-order valence-corrected chi connectivity index (χ2v) is 3.87. The minimum absolute atomic E-state index is 0.00322. The number of carboxylic acids is 1. The van der Waals surface area contributed by atoms with Gasteiger partial charge >= 0.3 is 5.97 Å². The second kappa shape index (κ2) is 5.67. The van der Waals surface area contributed by atoms with Crippen molar-refractivity contribution in [3.8, 4) is 5.88 Å². The van der Waals surface area contributed by atoms with Gasteiger partial charge in [-0.15, -0.1) is 0 Å². The number of carboxylic acid groups (broad SMARTS) is 1. The molecule has 16 heavy (non-hydrogen) atoms. The van der Waals surface area contributed by atoms with Crippen LogP contribution in [0.15, 0.2) is 12.3 Å². The van der Waals surface area contributed by atoms with Gasteiger partial charge in [-0.1, -0.05) is 11.6 Å². The summed E-state index contributed by atoms with van der Waals surface area (Å²) in [5, 5.41) is 8.93. The van der Waals surface area contributed by atoms with Gasteiger partial charge in [0, 0.05) is 12.6 Å². The van der Waals surface area contributed by atoms with Crippen LogP contribution in [0.2, 0.25) is 5.02 Å². The van der Waals surface area contributed by atoms with E-state index in [9.17, 15) is 4.79 Å². The number of nitrogens with zero attached hydrogens (tertiary/aromatic N) is 2. The third-order valence-electron chi connectivity index (χ3n) is 1.85. The Morgan fingerprint density at radius 2 is 2.31 bits per heavy atom. The normalized spacial score (nSPS) is 10.5. The molecule has 0 saturated heterocycles. The van der Waals surface area contributed by atoms with Crippen LogP contribution in [0.1, 0.15) is 10.4 Å². The van der Waals surface area contributed by atoms with Gasteiger partial charge in [0.1, 0.15) is 6.61 Å². The molecule has 1 rings (SSSR count). The summed E-state index contributed by atoms with van der Waals surface area (Å²) in [5.74, 6) is -0.825. The third-order valence-corrected chi connectivity index (χ3v) is 2.15. The highest BCUT2D eigenvalue weighted by molar-refractivity contribution is 6.33. The molecule has 0 aliphatic carbocycles. The Labute approximate surface area is 98.6 Å². The molecule has 0 aliphatic heterocycles. The molecule has 1 aromatic rings. The van der Waals surface area contributed by atoms with Crippen LogP contribution in [0, 0.1) is 0 Å². The molecule has 0 fully saturated rings. The van der Waals surface area contributed by atoms with Crippen LogP contribution in [0.25, 0.3) is 0 Å². The molecule has 1 N–H and O–H groups in total. The number of hydrogen-bond acceptors (Lipinski definition) is 4. The molecule has 0 aromatic carbocycles. The van der Waals surface area contributed by atoms with Crippen LogP contribution in [-0.4, -0.2) is 48.2 Å². The predicted molar refractivity (Wildman–Crippen MR) is 60.3 cm³/mol. The SMILES string of the molecule is CN(C)CCOc1cc(C(=O)O)c(Cl)cn1. The highest BCUT2D eigenvalue weighted by atomic mass is 35.5. The zero-order valence-electron chi connectivity index (χ0n) is 9.11. The average molecular weight is 245 g/mol. The summed E-state index contributed by atoms with van der Waals surface area (Å²) in [6.45, 7) is 1.17. The van der Waals surface area contributed by atoms with Gasteiger partial charge in [0.2, 0.25) is 5.88 Å². The first-order valence-corrected chi connectivity index (χ1v) is 5.05. The highest BCUT2D eigenvalue weighted by Gasteiger charge is 2.10. The number of carbonyl (C=O) groups is 1. The van der Waals surface area contributed by atoms with Gasteiger partial charge in [-0.05, 0) is 14.1 Å². The Balaban J connectivity index is 2.68. The van der Waals surface area contributed by atoms with Gasteiger partial charge in [-0.3, -0.25) is 0 Å². The fraction of sp³-hybridized carbons (Fsp3) is 0.400. The van der Waals surface area contributed by atoms with Crippen molar-refractivity contribution in [1.29, 1.82) is 0 Å². The van der Waals surface area contributed by atoms with E-state index in [0.717, 1.165) is 6.54 Å². The summed E-state index contributed by atoms with van der Waals surface area (Å²) in [7, 11) is 3.84. The van der Waals surface area contributed by atoms with Gasteiger partial charge in [0.25, 0.3) is 0 Å². The minimum Gasteiger partial charge on any atom is -0.478 e. The molecule has 5 nitrogen and oxygen atoms in total. The summed E-state index contributed by atoms with van der Waals surface area (Å²) in [6, 6.07) is 1.32. The molecule has 0 spiro atoms. The van der Waals surface area contributed by atoms with E-state index in [1.165, 1.54) is 12.3 Å². The Kier molecular flexibility index (Phi) is 4.52. The van der Waals surface area contributed by atoms with E-state index in [-0.39, 0.29) is 16.5 Å². The van der Waals surface area contributed by atoms with E-state index >= 15 is 0 Å². The standard InChI is InChI=1S/C10H13ClN2O3/c1-13(2)3-4-16-9-5-7(10(14)15)8(11)6-12-9/h5-6H,3-4H2,1-2H3,(H,14,15). The summed E-state index contributed by atoms with van der Waals surface area (Å²) in [5.41, 5.74) is -0.00322. The fourth-order valence-corrected chi connectivity index (χ4v) is 1.18. The van der Waals surface area contributed by atoms with Crippen molar-refractivity contribution in [3.05, 3.63) is 22.8 Å². The lowest BCUT2D eigenvalue weighted by Gasteiger charge is -2.10. The van der Waals surface area contributed by atoms with Crippen molar-refractivity contribution >= 4 is 17.6 Å². The summed E-state index contributed by atoms with van der Waals surface area (Å²) < 4.78 is 5.29. The van der Waals surface area contributed by atoms with Crippen molar-refractivity contribution in [1.82, 2.24) is 9.88 Å². The largest absolute Gasteiger partial charge is 0.478 e. The molecule has 0 bridgehead atoms. The number of rotatable bonds is 5. The molecule has 0 unspecified atom stereocenters. The van der Waals surface area contributed by atoms with Crippen molar-refractivity contribution in [2.75, 3.05) is 27.2 Å². The van der Waals surface area contributed by atoms with Crippen molar-refractivity contribution < 1.29 is 14.6 Å². The molecule has 0 saturated carbocycles. The molecular weight excluding hydrogens is 232 g/mol. The zero-order chi connectivity index (χ0) is 12.1. The quantitative estimate of drug-likeness (QED) is 0.848. The number of likely N-dealkylation sites (N-methyl/N-ethyl adjacent to an activating group) is 1. The Morgan fingerprint density at radius 3 is 2.88 bits per heavy atom. The number of aromatic carboxylic acids is 1. The van der Waals surface area contributed by atoms with E-state index < -0.39 is 5.97 Å². The molecule has 0 amide bonds. The first-order valence-electron chi connectivity index (χ1n) is 4.67. The van der Waals surface area contributed by atoms with Crippen LogP contribution >= 0.6 is 11.6 Å².